The van der Waals surface area contributed by atoms with Gasteiger partial charge in [-0.25, -0.2) is 8.78 Å². The maximum Gasteiger partial charge on any atom is 0.304 e. The number of alkyl halides is 2. The number of halogens is 2. The smallest absolute Gasteiger partial charge is 0.304 e. The van der Waals surface area contributed by atoms with Crippen LogP contribution in [0.4, 0.5) is 14.5 Å². The molecule has 2 aromatic carbocycles. The average Bonchev–Trinajstić information content (AvgIpc) is 1.58. The summed E-state index contributed by atoms with van der Waals surface area (Å²) in [6.07, 6.45) is -1.48. The molecule has 0 spiro atoms. The number of aliphatic hydroxyl groups is 2. The van der Waals surface area contributed by atoms with Gasteiger partial charge >= 0.3 is 5.97 Å². The van der Waals surface area contributed by atoms with Gasteiger partial charge in [-0.3, -0.25) is 24.0 Å². The summed E-state index contributed by atoms with van der Waals surface area (Å²) in [5.74, 6) is -4.51. The SMILES string of the molecule is C[C@]12C=CC(=O)C=C1[C@@H](F)C[C@H]1C3C[C@H]4O[C@@H](c5ccc(Cc6cccc(NC(=O)CCOCCOCCOCCOCCOCCOCCOCCOCCOCCOCCOCCOCCNC(=O)C(S)CC(=O)O)c6)cc5)O[C@@]4(C(=O)CO)[C@@]3(C)C[C@H](O)[C@@]12F. The molecule has 1 saturated heterocycles. The molecule has 520 valence electrons. The lowest BCUT2D eigenvalue weighted by molar-refractivity contribution is -0.235. The van der Waals surface area contributed by atoms with Crippen LogP contribution in [0.2, 0.25) is 0 Å². The molecule has 3 saturated carbocycles. The Bertz CT molecular complexity index is 2720. The number of ketones is 2. The molecule has 4 fully saturated rings. The third-order valence-electron chi connectivity index (χ3n) is 17.6. The van der Waals surface area contributed by atoms with Gasteiger partial charge in [-0.05, 0) is 79.5 Å². The van der Waals surface area contributed by atoms with E-state index in [1.807, 2.05) is 48.5 Å². The Kier molecular flexibility index (Phi) is 31.6. The van der Waals surface area contributed by atoms with E-state index in [1.54, 1.807) is 6.92 Å². The maximum atomic E-state index is 17.8. The molecule has 1 aliphatic heterocycles. The molecule has 7 rings (SSSR count). The van der Waals surface area contributed by atoms with E-state index in [1.165, 1.54) is 19.1 Å². The second-order valence-electron chi connectivity index (χ2n) is 23.7. The Morgan fingerprint density at radius 2 is 1.17 bits per heavy atom. The number of aliphatic carboxylic acids is 1. The quantitative estimate of drug-likeness (QED) is 0.0397. The normalized spacial score (nSPS) is 26.4. The largest absolute Gasteiger partial charge is 0.481 e. The lowest BCUT2D eigenvalue weighted by Crippen LogP contribution is -2.70. The first kappa shape index (κ1) is 75.6. The molecule has 0 bridgehead atoms. The van der Waals surface area contributed by atoms with Crippen LogP contribution < -0.4 is 10.6 Å². The number of allylic oxidation sites excluding steroid dienone is 4. The van der Waals surface area contributed by atoms with Crippen molar-refractivity contribution in [2.45, 2.75) is 93.6 Å². The van der Waals surface area contributed by atoms with Gasteiger partial charge in [-0.1, -0.05) is 49.4 Å². The molecular formula is C66H94F2N2O22S. The molecule has 4 aliphatic carbocycles. The highest BCUT2D eigenvalue weighted by atomic mass is 32.1. The summed E-state index contributed by atoms with van der Waals surface area (Å²) in [6.45, 7) is 12.2. The number of carboxylic acid groups (broad SMARTS) is 1. The van der Waals surface area contributed by atoms with Crippen LogP contribution in [0.3, 0.4) is 0 Å². The minimum absolute atomic E-state index is 0.0112. The molecule has 27 heteroatoms. The molecular weight excluding hydrogens is 1240 g/mol. The maximum absolute atomic E-state index is 17.8. The lowest BCUT2D eigenvalue weighted by Gasteiger charge is -2.63. The molecule has 24 nitrogen and oxygen atoms in total. The lowest BCUT2D eigenvalue weighted by atomic mass is 9.44. The van der Waals surface area contributed by atoms with Crippen LogP contribution in [-0.4, -0.2) is 251 Å². The van der Waals surface area contributed by atoms with Crippen molar-refractivity contribution in [1.29, 1.82) is 0 Å². The number of hydrogen-bond acceptors (Lipinski definition) is 22. The highest BCUT2D eigenvalue weighted by Crippen LogP contribution is 2.72. The second-order valence-corrected chi connectivity index (χ2v) is 24.3. The third kappa shape index (κ3) is 21.1. The number of thiol groups is 1. The van der Waals surface area contributed by atoms with Gasteiger partial charge in [0.2, 0.25) is 11.8 Å². The Morgan fingerprint density at radius 1 is 0.677 bits per heavy atom. The number of ether oxygens (including phenoxy) is 14. The number of fused-ring (bicyclic) bond motifs is 7. The van der Waals surface area contributed by atoms with E-state index in [9.17, 15) is 34.2 Å². The highest BCUT2D eigenvalue weighted by Gasteiger charge is 2.80. The molecule has 2 aromatic rings. The molecule has 2 amide bonds. The predicted octanol–water partition coefficient (Wildman–Crippen LogP) is 4.34. The fourth-order valence-electron chi connectivity index (χ4n) is 13.0. The molecule has 5 aliphatic rings. The minimum Gasteiger partial charge on any atom is -0.481 e. The number of carboxylic acids is 1. The minimum atomic E-state index is -2.34. The second kappa shape index (κ2) is 38.8. The Hall–Kier alpha value is -4.76. The van der Waals surface area contributed by atoms with Crippen molar-refractivity contribution >= 4 is 47.7 Å². The van der Waals surface area contributed by atoms with E-state index in [2.05, 4.69) is 23.3 Å². The number of carbonyl (C=O) groups is 5. The topological polar surface area (TPSA) is 299 Å². The summed E-state index contributed by atoms with van der Waals surface area (Å²) < 4.78 is 113. The number of aliphatic hydroxyl groups excluding tert-OH is 2. The van der Waals surface area contributed by atoms with Gasteiger partial charge in [0.1, 0.15) is 12.8 Å². The summed E-state index contributed by atoms with van der Waals surface area (Å²) in [5.41, 5.74) is -3.73. The van der Waals surface area contributed by atoms with Crippen molar-refractivity contribution in [3.05, 3.63) is 89.0 Å². The first-order chi connectivity index (χ1) is 45.0. The molecule has 5 N–H and O–H groups in total. The van der Waals surface area contributed by atoms with Crippen molar-refractivity contribution < 1.29 is 114 Å². The van der Waals surface area contributed by atoms with Gasteiger partial charge in [0.15, 0.2) is 29.1 Å². The molecule has 93 heavy (non-hydrogen) atoms. The van der Waals surface area contributed by atoms with Crippen LogP contribution in [0.15, 0.2) is 72.3 Å². The standard InChI is InChI=1S/C66H94F2N2O22S/c1-63-12-10-50(72)40-53(63)54(67)41-52-51-42-58-66(57(74)45-71,64(51,2)44-56(73)65(52,63)68)92-62(91-58)48-8-6-46(7-9-48)38-47-4-3-5-49(39-47)70-59(75)11-14-79-16-18-81-20-22-83-24-26-85-28-30-87-32-34-89-36-37-90-35-33-88-31-29-86-27-25-84-23-21-82-19-17-80-15-13-69-61(78)55(93)43-60(76)77/h3-10,12,39-40,51-52,54-56,58,62,71,73,93H,11,13-38,41-45H2,1-2H3,(H,69,78)(H,70,75)(H,76,77)/t51?,52-,54-,55?,56-,58+,62+,63-,64-,65-,66+/m0/s1. The number of Topliss-reactive ketones (excluding diaryl/α,β-unsaturated/α-hetero) is 1. The fraction of sp³-hybridized carbons (Fsp3) is 0.682. The Morgan fingerprint density at radius 3 is 1.67 bits per heavy atom. The van der Waals surface area contributed by atoms with Crippen molar-refractivity contribution in [3.8, 4) is 0 Å². The molecule has 0 radical (unpaired) electrons. The zero-order chi connectivity index (χ0) is 66.5. The van der Waals surface area contributed by atoms with E-state index in [0.29, 0.717) is 163 Å². The van der Waals surface area contributed by atoms with Gasteiger partial charge in [0.05, 0.1) is 189 Å². The monoisotopic (exact) mass is 1340 g/mol. The summed E-state index contributed by atoms with van der Waals surface area (Å²) >= 11 is 3.95. The van der Waals surface area contributed by atoms with Crippen LogP contribution in [-0.2, 0) is 96.7 Å². The van der Waals surface area contributed by atoms with E-state index < -0.39 is 93.9 Å². The predicted molar refractivity (Wildman–Crippen MR) is 334 cm³/mol. The fourth-order valence-corrected chi connectivity index (χ4v) is 13.3. The Balaban J connectivity index is 0.620. The van der Waals surface area contributed by atoms with E-state index >= 15 is 8.78 Å². The number of rotatable bonds is 48. The van der Waals surface area contributed by atoms with Crippen molar-refractivity contribution in [2.75, 3.05) is 177 Å². The van der Waals surface area contributed by atoms with Crippen LogP contribution >= 0.6 is 12.6 Å². The summed E-state index contributed by atoms with van der Waals surface area (Å²) in [7, 11) is 0. The number of benzene rings is 2. The first-order valence-electron chi connectivity index (χ1n) is 32.0. The van der Waals surface area contributed by atoms with Gasteiger partial charge in [-0.15, -0.1) is 0 Å². The van der Waals surface area contributed by atoms with E-state index in [4.69, 9.17) is 71.4 Å². The number of nitrogens with one attached hydrogen (secondary N) is 2. The summed E-state index contributed by atoms with van der Waals surface area (Å²) in [5, 5.41) is 35.5. The van der Waals surface area contributed by atoms with Gasteiger partial charge in [-0.2, -0.15) is 12.6 Å². The van der Waals surface area contributed by atoms with Gasteiger partial charge < -0.3 is 92.3 Å². The molecule has 1 heterocycles. The first-order valence-corrected chi connectivity index (χ1v) is 32.5. The number of amides is 2. The van der Waals surface area contributed by atoms with Crippen LogP contribution in [0.25, 0.3) is 0 Å². The van der Waals surface area contributed by atoms with Crippen LogP contribution in [0.5, 0.6) is 0 Å². The van der Waals surface area contributed by atoms with Gasteiger partial charge in [0.25, 0.3) is 0 Å². The zero-order valence-corrected chi connectivity index (χ0v) is 54.2. The van der Waals surface area contributed by atoms with Crippen molar-refractivity contribution in [3.63, 3.8) is 0 Å². The van der Waals surface area contributed by atoms with Crippen molar-refractivity contribution in [2.24, 2.45) is 22.7 Å². The molecule has 11 atom stereocenters. The highest BCUT2D eigenvalue weighted by molar-refractivity contribution is 7.81. The van der Waals surface area contributed by atoms with Crippen LogP contribution in [0, 0.1) is 22.7 Å². The summed E-state index contributed by atoms with van der Waals surface area (Å²) in [6, 6.07) is 15.0. The number of hydrogen-bond donors (Lipinski definition) is 6. The Labute approximate surface area is 547 Å². The summed E-state index contributed by atoms with van der Waals surface area (Å²) in [4.78, 5) is 61.3. The van der Waals surface area contributed by atoms with E-state index in [-0.39, 0.29) is 63.3 Å². The molecule has 0 aromatic heterocycles. The number of carbonyl (C=O) groups excluding carboxylic acids is 4. The van der Waals surface area contributed by atoms with Gasteiger partial charge in [0, 0.05) is 34.5 Å². The van der Waals surface area contributed by atoms with Crippen LogP contribution in [0.1, 0.15) is 68.9 Å². The number of anilines is 1. The molecule has 2 unspecified atom stereocenters. The average molecular weight is 1340 g/mol. The van der Waals surface area contributed by atoms with E-state index in [0.717, 1.165) is 17.2 Å². The zero-order valence-electron chi connectivity index (χ0n) is 53.3. The van der Waals surface area contributed by atoms with Crippen molar-refractivity contribution in [1.82, 2.24) is 5.32 Å². The third-order valence-corrected chi connectivity index (χ3v) is 18.0.